The summed E-state index contributed by atoms with van der Waals surface area (Å²) >= 11 is 0. The number of furan rings is 1. The third-order valence-electron chi connectivity index (χ3n) is 4.25. The number of hydrogen-bond donors (Lipinski definition) is 0. The van der Waals surface area contributed by atoms with Crippen LogP contribution in [0, 0.1) is 11.3 Å². The lowest BCUT2D eigenvalue weighted by Crippen LogP contribution is -2.25. The highest BCUT2D eigenvalue weighted by molar-refractivity contribution is 5.65. The lowest BCUT2D eigenvalue weighted by Gasteiger charge is -2.20. The van der Waals surface area contributed by atoms with E-state index in [-0.39, 0.29) is 0 Å². The molecule has 0 saturated heterocycles. The summed E-state index contributed by atoms with van der Waals surface area (Å²) in [6.07, 6.45) is 8.25. The van der Waals surface area contributed by atoms with Crippen LogP contribution in [0.2, 0.25) is 0 Å². The maximum absolute atomic E-state index is 9.53. The fourth-order valence-electron chi connectivity index (χ4n) is 3.00. The summed E-state index contributed by atoms with van der Waals surface area (Å²) in [6.45, 7) is 1.59. The SMILES string of the molecule is N#Cc1c(CN(Cc2ccco2)C2CC2)cn2ccccc12. The van der Waals surface area contributed by atoms with Crippen LogP contribution < -0.4 is 0 Å². The molecule has 0 aromatic carbocycles. The maximum Gasteiger partial charge on any atom is 0.117 e. The molecule has 0 spiro atoms. The van der Waals surface area contributed by atoms with Crippen molar-refractivity contribution in [2.75, 3.05) is 0 Å². The molecule has 3 aromatic heterocycles. The molecule has 1 aliphatic carbocycles. The van der Waals surface area contributed by atoms with Gasteiger partial charge in [-0.25, -0.2) is 0 Å². The first kappa shape index (κ1) is 13.2. The molecule has 1 fully saturated rings. The first-order valence-corrected chi connectivity index (χ1v) is 7.60. The van der Waals surface area contributed by atoms with Gasteiger partial charge in [-0.2, -0.15) is 5.26 Å². The van der Waals surface area contributed by atoms with Crippen molar-refractivity contribution < 1.29 is 4.42 Å². The van der Waals surface area contributed by atoms with Crippen LogP contribution in [0.3, 0.4) is 0 Å². The predicted octanol–water partition coefficient (Wildman–Crippen LogP) is 3.57. The monoisotopic (exact) mass is 291 g/mol. The van der Waals surface area contributed by atoms with Crippen molar-refractivity contribution in [2.45, 2.75) is 32.0 Å². The Morgan fingerprint density at radius 3 is 2.86 bits per heavy atom. The maximum atomic E-state index is 9.53. The fourth-order valence-corrected chi connectivity index (χ4v) is 3.00. The van der Waals surface area contributed by atoms with E-state index in [1.54, 1.807) is 6.26 Å². The Morgan fingerprint density at radius 2 is 2.14 bits per heavy atom. The van der Waals surface area contributed by atoms with Crippen LogP contribution in [0.1, 0.15) is 29.7 Å². The largest absolute Gasteiger partial charge is 0.468 e. The lowest BCUT2D eigenvalue weighted by molar-refractivity contribution is 0.225. The topological polar surface area (TPSA) is 44.6 Å². The quantitative estimate of drug-likeness (QED) is 0.722. The van der Waals surface area contributed by atoms with E-state index in [4.69, 9.17) is 4.42 Å². The normalized spacial score (nSPS) is 14.5. The van der Waals surface area contributed by atoms with Crippen LogP contribution in [0.4, 0.5) is 0 Å². The van der Waals surface area contributed by atoms with Gasteiger partial charge in [-0.3, -0.25) is 4.90 Å². The summed E-state index contributed by atoms with van der Waals surface area (Å²) in [5, 5.41) is 9.53. The van der Waals surface area contributed by atoms with Gasteiger partial charge in [-0.05, 0) is 37.1 Å². The third-order valence-corrected chi connectivity index (χ3v) is 4.25. The zero-order chi connectivity index (χ0) is 14.9. The average molecular weight is 291 g/mol. The highest BCUT2D eigenvalue weighted by atomic mass is 16.3. The second kappa shape index (κ2) is 5.36. The molecule has 0 aliphatic heterocycles. The van der Waals surface area contributed by atoms with Gasteiger partial charge in [0, 0.05) is 30.5 Å². The molecule has 0 atom stereocenters. The summed E-state index contributed by atoms with van der Waals surface area (Å²) in [5.74, 6) is 0.981. The van der Waals surface area contributed by atoms with Gasteiger partial charge in [0.2, 0.25) is 0 Å². The summed E-state index contributed by atoms with van der Waals surface area (Å²) in [4.78, 5) is 2.41. The molecule has 4 heteroatoms. The van der Waals surface area contributed by atoms with Gasteiger partial charge in [0.05, 0.1) is 23.9 Å². The van der Waals surface area contributed by atoms with Gasteiger partial charge in [0.15, 0.2) is 0 Å². The van der Waals surface area contributed by atoms with Gasteiger partial charge >= 0.3 is 0 Å². The van der Waals surface area contributed by atoms with Crippen molar-refractivity contribution in [2.24, 2.45) is 0 Å². The van der Waals surface area contributed by atoms with Crippen LogP contribution in [0.25, 0.3) is 5.52 Å². The molecule has 0 N–H and O–H groups in total. The van der Waals surface area contributed by atoms with Crippen LogP contribution in [0.5, 0.6) is 0 Å². The third kappa shape index (κ3) is 2.40. The smallest absolute Gasteiger partial charge is 0.117 e. The first-order valence-electron chi connectivity index (χ1n) is 7.60. The zero-order valence-electron chi connectivity index (χ0n) is 12.3. The van der Waals surface area contributed by atoms with E-state index in [1.807, 2.05) is 40.9 Å². The number of pyridine rings is 1. The van der Waals surface area contributed by atoms with E-state index in [1.165, 1.54) is 12.8 Å². The number of rotatable bonds is 5. The first-order chi connectivity index (χ1) is 10.8. The Balaban J connectivity index is 1.64. The van der Waals surface area contributed by atoms with Crippen molar-refractivity contribution >= 4 is 5.52 Å². The Hall–Kier alpha value is -2.51. The van der Waals surface area contributed by atoms with E-state index >= 15 is 0 Å². The summed E-state index contributed by atoms with van der Waals surface area (Å²) < 4.78 is 7.52. The molecular formula is C18H17N3O. The molecule has 4 nitrogen and oxygen atoms in total. The van der Waals surface area contributed by atoms with Crippen LogP contribution in [-0.4, -0.2) is 15.3 Å². The standard InChI is InChI=1S/C18H17N3O/c19-10-17-14(11-20-8-2-1-5-18(17)20)12-21(15-6-7-15)13-16-4-3-9-22-16/h1-5,8-9,11,15H,6-7,12-13H2. The highest BCUT2D eigenvalue weighted by Gasteiger charge is 2.30. The summed E-state index contributed by atoms with van der Waals surface area (Å²) in [6, 6.07) is 12.9. The molecule has 4 rings (SSSR count). The molecule has 1 saturated carbocycles. The van der Waals surface area contributed by atoms with E-state index in [0.29, 0.717) is 6.04 Å². The number of nitrogens with zero attached hydrogens (tertiary/aromatic N) is 3. The van der Waals surface area contributed by atoms with Gasteiger partial charge in [0.1, 0.15) is 11.8 Å². The Bertz CT molecular complexity index is 822. The Morgan fingerprint density at radius 1 is 1.23 bits per heavy atom. The second-order valence-electron chi connectivity index (χ2n) is 5.85. The zero-order valence-corrected chi connectivity index (χ0v) is 12.3. The number of fused-ring (bicyclic) bond motifs is 1. The number of aromatic nitrogens is 1. The summed E-state index contributed by atoms with van der Waals surface area (Å²) in [7, 11) is 0. The van der Waals surface area contributed by atoms with Gasteiger partial charge in [-0.15, -0.1) is 0 Å². The molecule has 3 aromatic rings. The molecule has 0 bridgehead atoms. The van der Waals surface area contributed by atoms with Crippen molar-refractivity contribution in [3.8, 4) is 6.07 Å². The van der Waals surface area contributed by atoms with Crippen molar-refractivity contribution in [1.82, 2.24) is 9.30 Å². The van der Waals surface area contributed by atoms with Crippen molar-refractivity contribution in [1.29, 1.82) is 5.26 Å². The minimum Gasteiger partial charge on any atom is -0.468 e. The van der Waals surface area contributed by atoms with Crippen molar-refractivity contribution in [3.63, 3.8) is 0 Å². The molecule has 0 amide bonds. The molecule has 110 valence electrons. The van der Waals surface area contributed by atoms with Gasteiger partial charge < -0.3 is 8.82 Å². The molecular weight excluding hydrogens is 274 g/mol. The Kier molecular flexibility index (Phi) is 3.21. The minimum atomic E-state index is 0.611. The fraction of sp³-hybridized carbons (Fsp3) is 0.278. The highest BCUT2D eigenvalue weighted by Crippen LogP contribution is 2.31. The Labute approximate surface area is 129 Å². The lowest BCUT2D eigenvalue weighted by atomic mass is 10.1. The number of hydrogen-bond acceptors (Lipinski definition) is 3. The van der Waals surface area contributed by atoms with Crippen molar-refractivity contribution in [3.05, 3.63) is 65.9 Å². The molecule has 22 heavy (non-hydrogen) atoms. The van der Waals surface area contributed by atoms with Gasteiger partial charge in [-0.1, -0.05) is 6.07 Å². The van der Waals surface area contributed by atoms with Crippen LogP contribution in [-0.2, 0) is 13.1 Å². The van der Waals surface area contributed by atoms with E-state index in [2.05, 4.69) is 17.2 Å². The summed E-state index contributed by atoms with van der Waals surface area (Å²) in [5.41, 5.74) is 2.85. The van der Waals surface area contributed by atoms with Crippen LogP contribution in [0.15, 0.2) is 53.4 Å². The van der Waals surface area contributed by atoms with E-state index < -0.39 is 0 Å². The molecule has 3 heterocycles. The van der Waals surface area contributed by atoms with Crippen LogP contribution >= 0.6 is 0 Å². The van der Waals surface area contributed by atoms with Gasteiger partial charge in [0.25, 0.3) is 0 Å². The second-order valence-corrected chi connectivity index (χ2v) is 5.85. The van der Waals surface area contributed by atoms with E-state index in [0.717, 1.165) is 35.5 Å². The average Bonchev–Trinajstić information content (AvgIpc) is 3.14. The molecule has 1 aliphatic rings. The van der Waals surface area contributed by atoms with E-state index in [9.17, 15) is 5.26 Å². The number of nitriles is 1. The minimum absolute atomic E-state index is 0.611. The predicted molar refractivity (Wildman–Crippen MR) is 83.1 cm³/mol. The molecule has 0 unspecified atom stereocenters. The molecule has 0 radical (unpaired) electrons.